The number of carboxylic acids is 1. The van der Waals surface area contributed by atoms with Crippen LogP contribution in [0.1, 0.15) is 26.7 Å². The molecule has 0 saturated heterocycles. The Bertz CT molecular complexity index is 335. The number of unbranched alkanes of at least 4 members (excludes halogenated alkanes) is 1. The fourth-order valence-electron chi connectivity index (χ4n) is 0.376. The first-order valence-corrected chi connectivity index (χ1v) is 5.82. The molecular weight excluding hydrogens is 262 g/mol. The second kappa shape index (κ2) is 16.6. The van der Waals surface area contributed by atoms with Gasteiger partial charge in [0, 0.05) is 11.6 Å². The van der Waals surface area contributed by atoms with Gasteiger partial charge in [-0.25, -0.2) is 9.59 Å². The second-order valence-corrected chi connectivity index (χ2v) is 3.42. The third-order valence-corrected chi connectivity index (χ3v) is 1.48. The molecule has 0 radical (unpaired) electrons. The fraction of sp³-hybridized carbons (Fsp3) is 0.357. The monoisotopic (exact) mass is 285 g/mol. The summed E-state index contributed by atoms with van der Waals surface area (Å²) in [7, 11) is 0. The third-order valence-electron chi connectivity index (χ3n) is 1.48. The molecule has 0 aliphatic carbocycles. The molecule has 0 aliphatic rings. The zero-order valence-electron chi connectivity index (χ0n) is 12.1. The number of amides is 1. The van der Waals surface area contributed by atoms with Gasteiger partial charge >= 0.3 is 11.9 Å². The van der Waals surface area contributed by atoms with Gasteiger partial charge in [-0.2, -0.15) is 0 Å². The van der Waals surface area contributed by atoms with Crippen LogP contribution in [0.15, 0.2) is 37.5 Å². The van der Waals surface area contributed by atoms with E-state index in [1.165, 1.54) is 13.0 Å². The van der Waals surface area contributed by atoms with E-state index in [0.717, 1.165) is 18.9 Å². The molecule has 114 valence electrons. The molecule has 20 heavy (non-hydrogen) atoms. The lowest BCUT2D eigenvalue weighted by molar-refractivity contribution is -0.138. The Morgan fingerprint density at radius 2 is 1.65 bits per heavy atom. The van der Waals surface area contributed by atoms with Gasteiger partial charge in [0.15, 0.2) is 0 Å². The largest absolute Gasteiger partial charge is 0.478 e. The summed E-state index contributed by atoms with van der Waals surface area (Å²) in [4.78, 5) is 29.4. The van der Waals surface area contributed by atoms with Crippen molar-refractivity contribution in [1.29, 1.82) is 0 Å². The van der Waals surface area contributed by atoms with Gasteiger partial charge in [-0.3, -0.25) is 4.79 Å². The summed E-state index contributed by atoms with van der Waals surface area (Å²) in [6.07, 6.45) is 4.21. The smallest absolute Gasteiger partial charge is 0.330 e. The molecule has 6 heteroatoms. The highest BCUT2D eigenvalue weighted by molar-refractivity contribution is 5.85. The maximum atomic E-state index is 10.3. The topological polar surface area (TPSA) is 107 Å². The van der Waals surface area contributed by atoms with Gasteiger partial charge < -0.3 is 15.6 Å². The van der Waals surface area contributed by atoms with Gasteiger partial charge in [0.1, 0.15) is 0 Å². The number of esters is 1. The van der Waals surface area contributed by atoms with E-state index in [-0.39, 0.29) is 11.5 Å². The van der Waals surface area contributed by atoms with Crippen LogP contribution >= 0.6 is 0 Å². The first-order valence-electron chi connectivity index (χ1n) is 5.82. The Morgan fingerprint density at radius 1 is 1.25 bits per heavy atom. The van der Waals surface area contributed by atoms with Crippen molar-refractivity contribution < 1.29 is 24.2 Å². The average molecular weight is 285 g/mol. The minimum absolute atomic E-state index is 0.176. The molecule has 0 spiro atoms. The van der Waals surface area contributed by atoms with Crippen LogP contribution in [0.25, 0.3) is 0 Å². The molecule has 0 fully saturated rings. The van der Waals surface area contributed by atoms with Crippen LogP contribution in [0.3, 0.4) is 0 Å². The standard InChI is InChI=1S/C7H12O2.C4H6O2.C3H5NO/c1-3-5-6-9-7(8)4-2;1-3(2)4(5)6;1-2-3(4)5/h4H,2-3,5-6H2,1H3;1H2,2H3,(H,5,6);2H,1H2,(H2,4,5). The molecule has 3 N–H and O–H groups in total. The van der Waals surface area contributed by atoms with Crippen LogP contribution in [-0.2, 0) is 19.1 Å². The second-order valence-electron chi connectivity index (χ2n) is 3.42. The molecule has 0 saturated carbocycles. The van der Waals surface area contributed by atoms with E-state index in [2.05, 4.69) is 30.2 Å². The maximum Gasteiger partial charge on any atom is 0.330 e. The molecule has 0 atom stereocenters. The number of carbonyl (C=O) groups is 3. The maximum absolute atomic E-state index is 10.3. The van der Waals surface area contributed by atoms with E-state index in [4.69, 9.17) is 5.11 Å². The fourth-order valence-corrected chi connectivity index (χ4v) is 0.376. The van der Waals surface area contributed by atoms with Gasteiger partial charge in [0.25, 0.3) is 0 Å². The van der Waals surface area contributed by atoms with E-state index in [9.17, 15) is 14.4 Å². The Kier molecular flexibility index (Phi) is 18.9. The van der Waals surface area contributed by atoms with Gasteiger partial charge in [-0.05, 0) is 19.4 Å². The van der Waals surface area contributed by atoms with E-state index >= 15 is 0 Å². The number of hydrogen-bond donors (Lipinski definition) is 2. The molecule has 0 aliphatic heterocycles. The number of ether oxygens (including phenoxy) is 1. The first-order chi connectivity index (χ1) is 9.22. The molecule has 0 bridgehead atoms. The Labute approximate surface area is 119 Å². The number of rotatable bonds is 6. The van der Waals surface area contributed by atoms with E-state index in [0.29, 0.717) is 6.61 Å². The Balaban J connectivity index is -0.000000230. The minimum atomic E-state index is -0.935. The predicted octanol–water partition coefficient (Wildman–Crippen LogP) is 1.82. The Morgan fingerprint density at radius 3 is 1.85 bits per heavy atom. The lowest BCUT2D eigenvalue weighted by Crippen LogP contribution is -2.04. The highest BCUT2D eigenvalue weighted by atomic mass is 16.5. The van der Waals surface area contributed by atoms with E-state index in [1.807, 2.05) is 6.92 Å². The first kappa shape index (κ1) is 22.8. The van der Waals surface area contributed by atoms with Crippen molar-refractivity contribution in [3.8, 4) is 0 Å². The van der Waals surface area contributed by atoms with E-state index in [1.54, 1.807) is 0 Å². The molecule has 0 heterocycles. The van der Waals surface area contributed by atoms with Crippen molar-refractivity contribution in [2.75, 3.05) is 6.61 Å². The third kappa shape index (κ3) is 29.6. The molecule has 0 aromatic rings. The summed E-state index contributed by atoms with van der Waals surface area (Å²) < 4.78 is 4.67. The van der Waals surface area contributed by atoms with Crippen molar-refractivity contribution in [2.24, 2.45) is 5.73 Å². The van der Waals surface area contributed by atoms with Crippen LogP contribution in [-0.4, -0.2) is 29.6 Å². The van der Waals surface area contributed by atoms with Gasteiger partial charge in [0.05, 0.1) is 6.61 Å². The summed E-state index contributed by atoms with van der Waals surface area (Å²) >= 11 is 0. The van der Waals surface area contributed by atoms with Crippen molar-refractivity contribution in [3.05, 3.63) is 37.5 Å². The van der Waals surface area contributed by atoms with Crippen LogP contribution in [0.2, 0.25) is 0 Å². The lowest BCUT2D eigenvalue weighted by atomic mass is 10.4. The Hall–Kier alpha value is -2.37. The summed E-state index contributed by atoms with van der Waals surface area (Å²) in [5, 5.41) is 7.89. The highest BCUT2D eigenvalue weighted by Gasteiger charge is 1.91. The van der Waals surface area contributed by atoms with Crippen LogP contribution in [0, 0.1) is 0 Å². The average Bonchev–Trinajstić information content (AvgIpc) is 2.40. The molecule has 0 unspecified atom stereocenters. The zero-order valence-corrected chi connectivity index (χ0v) is 12.1. The normalized spacial score (nSPS) is 7.70. The SMILES string of the molecule is C=C(C)C(=O)O.C=CC(=O)OCCCC.C=CC(N)=O. The molecular formula is C14H23NO5. The molecule has 0 aromatic carbocycles. The predicted molar refractivity (Wildman–Crippen MR) is 77.9 cm³/mol. The molecule has 0 aromatic heterocycles. The number of carboxylic acid groups (broad SMARTS) is 1. The van der Waals surface area contributed by atoms with E-state index < -0.39 is 11.9 Å². The van der Waals surface area contributed by atoms with Crippen LogP contribution < -0.4 is 5.73 Å². The number of nitrogens with two attached hydrogens (primary N) is 1. The number of primary amides is 1. The van der Waals surface area contributed by atoms with Crippen molar-refractivity contribution >= 4 is 17.8 Å². The molecule has 0 rings (SSSR count). The van der Waals surface area contributed by atoms with Crippen molar-refractivity contribution in [1.82, 2.24) is 0 Å². The van der Waals surface area contributed by atoms with Crippen molar-refractivity contribution in [3.63, 3.8) is 0 Å². The minimum Gasteiger partial charge on any atom is -0.478 e. The highest BCUT2D eigenvalue weighted by Crippen LogP contribution is 1.88. The van der Waals surface area contributed by atoms with Crippen LogP contribution in [0.5, 0.6) is 0 Å². The summed E-state index contributed by atoms with van der Waals surface area (Å²) in [5.41, 5.74) is 4.71. The summed E-state index contributed by atoms with van der Waals surface area (Å²) in [5.74, 6) is -1.75. The molecule has 6 nitrogen and oxygen atoms in total. The van der Waals surface area contributed by atoms with Gasteiger partial charge in [0.2, 0.25) is 5.91 Å². The lowest BCUT2D eigenvalue weighted by Gasteiger charge is -1.97. The van der Waals surface area contributed by atoms with Crippen LogP contribution in [0.4, 0.5) is 0 Å². The number of carbonyl (C=O) groups excluding carboxylic acids is 2. The zero-order chi connectivity index (χ0) is 16.6. The van der Waals surface area contributed by atoms with Crippen molar-refractivity contribution in [2.45, 2.75) is 26.7 Å². The van der Waals surface area contributed by atoms with Gasteiger partial charge in [-0.15, -0.1) is 0 Å². The number of hydrogen-bond acceptors (Lipinski definition) is 4. The van der Waals surface area contributed by atoms with Gasteiger partial charge in [-0.1, -0.05) is 33.1 Å². The molecule has 1 amide bonds. The summed E-state index contributed by atoms with van der Waals surface area (Å²) in [6, 6.07) is 0. The quantitative estimate of drug-likeness (QED) is 0.440. The number of aliphatic carboxylic acids is 1. The summed E-state index contributed by atoms with van der Waals surface area (Å²) in [6.45, 7) is 13.5.